The number of rotatable bonds is 6. The molecule has 1 aromatic carbocycles. The standard InChI is InChI=1S/C11H16FNO3/c1-14-7-9-10(15-2)5-4-8(11(9)12)6-13-16-3/h4-5,13H,6-7H2,1-3H3. The van der Waals surface area contributed by atoms with Crippen LogP contribution in [0.2, 0.25) is 0 Å². The number of hydrogen-bond acceptors (Lipinski definition) is 4. The molecule has 0 aliphatic carbocycles. The normalized spacial score (nSPS) is 10.5. The summed E-state index contributed by atoms with van der Waals surface area (Å²) in [5, 5.41) is 0. The first-order chi connectivity index (χ1) is 7.74. The minimum Gasteiger partial charge on any atom is -0.496 e. The molecule has 1 aromatic rings. The van der Waals surface area contributed by atoms with Crippen molar-refractivity contribution in [1.82, 2.24) is 5.48 Å². The second-order valence-corrected chi connectivity index (χ2v) is 3.18. The van der Waals surface area contributed by atoms with E-state index in [2.05, 4.69) is 10.3 Å². The monoisotopic (exact) mass is 229 g/mol. The van der Waals surface area contributed by atoms with Crippen LogP contribution >= 0.6 is 0 Å². The maximum absolute atomic E-state index is 14.0. The minimum atomic E-state index is -0.328. The fourth-order valence-corrected chi connectivity index (χ4v) is 1.41. The van der Waals surface area contributed by atoms with E-state index in [0.717, 1.165) is 0 Å². The van der Waals surface area contributed by atoms with Crippen LogP contribution in [0.4, 0.5) is 4.39 Å². The first-order valence-corrected chi connectivity index (χ1v) is 4.83. The van der Waals surface area contributed by atoms with Crippen LogP contribution in [-0.2, 0) is 22.7 Å². The van der Waals surface area contributed by atoms with Crippen molar-refractivity contribution in [1.29, 1.82) is 0 Å². The molecule has 0 heterocycles. The summed E-state index contributed by atoms with van der Waals surface area (Å²) >= 11 is 0. The summed E-state index contributed by atoms with van der Waals surface area (Å²) in [5.41, 5.74) is 3.52. The maximum atomic E-state index is 14.0. The van der Waals surface area contributed by atoms with Gasteiger partial charge in [-0.2, -0.15) is 5.48 Å². The van der Waals surface area contributed by atoms with Crippen molar-refractivity contribution in [3.8, 4) is 5.75 Å². The number of halogens is 1. The van der Waals surface area contributed by atoms with Crippen molar-refractivity contribution in [2.24, 2.45) is 0 Å². The van der Waals surface area contributed by atoms with Crippen molar-refractivity contribution in [2.45, 2.75) is 13.2 Å². The van der Waals surface area contributed by atoms with E-state index in [1.54, 1.807) is 12.1 Å². The van der Waals surface area contributed by atoms with E-state index in [1.165, 1.54) is 21.3 Å². The fourth-order valence-electron chi connectivity index (χ4n) is 1.41. The molecule has 4 nitrogen and oxygen atoms in total. The molecule has 0 fully saturated rings. The quantitative estimate of drug-likeness (QED) is 0.753. The van der Waals surface area contributed by atoms with Crippen molar-refractivity contribution in [3.05, 3.63) is 29.1 Å². The Morgan fingerprint density at radius 1 is 1.25 bits per heavy atom. The van der Waals surface area contributed by atoms with Crippen molar-refractivity contribution >= 4 is 0 Å². The molecule has 5 heteroatoms. The predicted octanol–water partition coefficient (Wildman–Crippen LogP) is 1.63. The Labute approximate surface area is 94.3 Å². The largest absolute Gasteiger partial charge is 0.496 e. The molecular formula is C11H16FNO3. The second-order valence-electron chi connectivity index (χ2n) is 3.18. The molecule has 0 saturated carbocycles. The Bertz CT molecular complexity index is 344. The van der Waals surface area contributed by atoms with Gasteiger partial charge in [0.1, 0.15) is 11.6 Å². The van der Waals surface area contributed by atoms with Crippen LogP contribution in [0.5, 0.6) is 5.75 Å². The van der Waals surface area contributed by atoms with Crippen molar-refractivity contribution in [3.63, 3.8) is 0 Å². The number of ether oxygens (including phenoxy) is 2. The van der Waals surface area contributed by atoms with Gasteiger partial charge < -0.3 is 14.3 Å². The topological polar surface area (TPSA) is 39.7 Å². The summed E-state index contributed by atoms with van der Waals surface area (Å²) in [7, 11) is 4.50. The van der Waals surface area contributed by atoms with Gasteiger partial charge in [-0.25, -0.2) is 4.39 Å². The van der Waals surface area contributed by atoms with Gasteiger partial charge >= 0.3 is 0 Å². The third-order valence-electron chi connectivity index (χ3n) is 2.20. The molecule has 0 aromatic heterocycles. The highest BCUT2D eigenvalue weighted by atomic mass is 19.1. The summed E-state index contributed by atoms with van der Waals surface area (Å²) in [6.07, 6.45) is 0. The van der Waals surface area contributed by atoms with Gasteiger partial charge in [0, 0.05) is 19.2 Å². The number of hydroxylamine groups is 1. The molecule has 90 valence electrons. The third-order valence-corrected chi connectivity index (χ3v) is 2.20. The van der Waals surface area contributed by atoms with Crippen molar-refractivity contribution in [2.75, 3.05) is 21.3 Å². The Kier molecular flexibility index (Phi) is 5.18. The van der Waals surface area contributed by atoms with Gasteiger partial charge in [0.25, 0.3) is 0 Å². The molecule has 0 spiro atoms. The molecule has 0 aliphatic heterocycles. The molecule has 0 amide bonds. The van der Waals surface area contributed by atoms with E-state index in [1.807, 2.05) is 0 Å². The summed E-state index contributed by atoms with van der Waals surface area (Å²) < 4.78 is 24.0. The Morgan fingerprint density at radius 2 is 2.00 bits per heavy atom. The van der Waals surface area contributed by atoms with Crippen LogP contribution in [-0.4, -0.2) is 21.3 Å². The van der Waals surface area contributed by atoms with E-state index >= 15 is 0 Å². The Morgan fingerprint density at radius 3 is 2.56 bits per heavy atom. The van der Waals surface area contributed by atoms with Crippen LogP contribution in [0, 0.1) is 5.82 Å². The van der Waals surface area contributed by atoms with Gasteiger partial charge in [-0.15, -0.1) is 0 Å². The van der Waals surface area contributed by atoms with Gasteiger partial charge in [-0.3, -0.25) is 0 Å². The van der Waals surface area contributed by atoms with Crippen LogP contribution in [0.15, 0.2) is 12.1 Å². The first-order valence-electron chi connectivity index (χ1n) is 4.83. The lowest BCUT2D eigenvalue weighted by Gasteiger charge is -2.12. The zero-order valence-corrected chi connectivity index (χ0v) is 9.67. The lowest BCUT2D eigenvalue weighted by Crippen LogP contribution is -2.13. The highest BCUT2D eigenvalue weighted by Gasteiger charge is 2.13. The number of methoxy groups -OCH3 is 2. The van der Waals surface area contributed by atoms with Gasteiger partial charge in [0.15, 0.2) is 0 Å². The van der Waals surface area contributed by atoms with Crippen LogP contribution in [0.3, 0.4) is 0 Å². The van der Waals surface area contributed by atoms with Crippen molar-refractivity contribution < 1.29 is 18.7 Å². The van der Waals surface area contributed by atoms with E-state index in [0.29, 0.717) is 23.4 Å². The van der Waals surface area contributed by atoms with Crippen LogP contribution < -0.4 is 10.2 Å². The Hall–Kier alpha value is -1.17. The zero-order valence-electron chi connectivity index (χ0n) is 9.67. The van der Waals surface area contributed by atoms with E-state index in [9.17, 15) is 4.39 Å². The number of benzene rings is 1. The minimum absolute atomic E-state index is 0.176. The summed E-state index contributed by atoms with van der Waals surface area (Å²) in [6, 6.07) is 3.36. The third kappa shape index (κ3) is 2.91. The summed E-state index contributed by atoms with van der Waals surface area (Å²) in [4.78, 5) is 4.68. The van der Waals surface area contributed by atoms with E-state index in [4.69, 9.17) is 9.47 Å². The lowest BCUT2D eigenvalue weighted by atomic mass is 10.1. The van der Waals surface area contributed by atoms with E-state index < -0.39 is 0 Å². The average Bonchev–Trinajstić information content (AvgIpc) is 2.30. The molecule has 0 unspecified atom stereocenters. The fraction of sp³-hybridized carbons (Fsp3) is 0.455. The highest BCUT2D eigenvalue weighted by Crippen LogP contribution is 2.25. The molecule has 16 heavy (non-hydrogen) atoms. The highest BCUT2D eigenvalue weighted by molar-refractivity contribution is 5.38. The summed E-state index contributed by atoms with van der Waals surface area (Å²) in [5.74, 6) is 0.159. The maximum Gasteiger partial charge on any atom is 0.137 e. The van der Waals surface area contributed by atoms with E-state index in [-0.39, 0.29) is 12.4 Å². The second kappa shape index (κ2) is 6.42. The van der Waals surface area contributed by atoms with Crippen LogP contribution in [0.25, 0.3) is 0 Å². The van der Waals surface area contributed by atoms with Gasteiger partial charge in [0.2, 0.25) is 0 Å². The smallest absolute Gasteiger partial charge is 0.137 e. The molecule has 0 saturated heterocycles. The lowest BCUT2D eigenvalue weighted by molar-refractivity contribution is 0.0857. The van der Waals surface area contributed by atoms with Gasteiger partial charge in [0.05, 0.1) is 26.4 Å². The number of nitrogens with one attached hydrogen (secondary N) is 1. The molecule has 0 aliphatic rings. The first kappa shape index (κ1) is 12.9. The van der Waals surface area contributed by atoms with Gasteiger partial charge in [-0.1, -0.05) is 6.07 Å². The summed E-state index contributed by atoms with van der Waals surface area (Å²) in [6.45, 7) is 0.471. The van der Waals surface area contributed by atoms with Gasteiger partial charge in [-0.05, 0) is 6.07 Å². The molecule has 1 N–H and O–H groups in total. The molecule has 0 atom stereocenters. The zero-order chi connectivity index (χ0) is 12.0. The molecule has 0 bridgehead atoms. The molecule has 0 radical (unpaired) electrons. The van der Waals surface area contributed by atoms with Crippen LogP contribution in [0.1, 0.15) is 11.1 Å². The molecule has 1 rings (SSSR count). The SMILES string of the molecule is COCc1c(OC)ccc(CNOC)c1F. The average molecular weight is 229 g/mol. The number of hydrogen-bond donors (Lipinski definition) is 1. The Balaban J connectivity index is 3.00. The predicted molar refractivity (Wildman–Crippen MR) is 57.5 cm³/mol. The molecular weight excluding hydrogens is 213 g/mol.